The number of hydrogen-bond acceptors (Lipinski definition) is 7. The molecule has 0 saturated heterocycles. The number of methoxy groups -OCH3 is 1. The number of fused-ring (bicyclic) bond motifs is 1. The molecule has 0 fully saturated rings. The van der Waals surface area contributed by atoms with Crippen molar-refractivity contribution in [2.75, 3.05) is 12.4 Å². The number of pyridine rings is 1. The largest absolute Gasteiger partial charge is 0.508 e. The zero-order valence-electron chi connectivity index (χ0n) is 18.0. The first-order valence-corrected chi connectivity index (χ1v) is 10.2. The van der Waals surface area contributed by atoms with Gasteiger partial charge in [0.1, 0.15) is 29.8 Å². The number of aromatic hydroxyl groups is 1. The van der Waals surface area contributed by atoms with E-state index in [1.54, 1.807) is 38.6 Å². The number of benzene rings is 2. The Labute approximate surface area is 184 Å². The van der Waals surface area contributed by atoms with Crippen molar-refractivity contribution in [1.29, 1.82) is 0 Å². The number of phenols is 1. The standard InChI is InChI=1S/C24H23FN4O3/c1-4-21(15-5-7-26-8-6-15)32-23-12-18-16(10-22(23)31-3)24(28-13-27-18)29-19-11-20(30)14(2)9-17(19)25/h5-13,21,30H,4H2,1-3H3,(H,27,28,29). The van der Waals surface area contributed by atoms with Crippen molar-refractivity contribution in [1.82, 2.24) is 15.0 Å². The van der Waals surface area contributed by atoms with Crippen LogP contribution in [0.2, 0.25) is 0 Å². The lowest BCUT2D eigenvalue weighted by Crippen LogP contribution is -2.08. The van der Waals surface area contributed by atoms with E-state index in [1.165, 1.54) is 18.5 Å². The average molecular weight is 434 g/mol. The van der Waals surface area contributed by atoms with E-state index in [2.05, 4.69) is 20.3 Å². The fourth-order valence-corrected chi connectivity index (χ4v) is 3.42. The van der Waals surface area contributed by atoms with Crippen molar-refractivity contribution in [3.63, 3.8) is 0 Å². The van der Waals surface area contributed by atoms with Crippen LogP contribution in [0.3, 0.4) is 0 Å². The van der Waals surface area contributed by atoms with Crippen LogP contribution in [0.5, 0.6) is 17.2 Å². The second-order valence-electron chi connectivity index (χ2n) is 7.28. The number of rotatable bonds is 7. The van der Waals surface area contributed by atoms with Crippen LogP contribution in [-0.4, -0.2) is 27.2 Å². The van der Waals surface area contributed by atoms with E-state index in [-0.39, 0.29) is 17.5 Å². The van der Waals surface area contributed by atoms with E-state index in [4.69, 9.17) is 9.47 Å². The lowest BCUT2D eigenvalue weighted by molar-refractivity contribution is 0.193. The maximum atomic E-state index is 14.4. The second-order valence-corrected chi connectivity index (χ2v) is 7.28. The minimum absolute atomic E-state index is 0.0118. The Kier molecular flexibility index (Phi) is 6.02. The Balaban J connectivity index is 1.72. The van der Waals surface area contributed by atoms with Crippen molar-refractivity contribution in [2.24, 2.45) is 0 Å². The smallest absolute Gasteiger partial charge is 0.164 e. The van der Waals surface area contributed by atoms with Crippen molar-refractivity contribution < 1.29 is 19.0 Å². The Morgan fingerprint density at radius 2 is 1.88 bits per heavy atom. The van der Waals surface area contributed by atoms with Gasteiger partial charge in [0.2, 0.25) is 0 Å². The molecule has 0 aliphatic carbocycles. The summed E-state index contributed by atoms with van der Waals surface area (Å²) in [6.45, 7) is 3.67. The third kappa shape index (κ3) is 4.25. The van der Waals surface area contributed by atoms with Gasteiger partial charge in [-0.15, -0.1) is 0 Å². The van der Waals surface area contributed by atoms with Crippen molar-refractivity contribution in [3.05, 3.63) is 72.1 Å². The molecule has 4 aromatic rings. The minimum Gasteiger partial charge on any atom is -0.508 e. The maximum absolute atomic E-state index is 14.4. The van der Waals surface area contributed by atoms with Crippen LogP contribution in [-0.2, 0) is 0 Å². The summed E-state index contributed by atoms with van der Waals surface area (Å²) >= 11 is 0. The molecule has 2 aromatic carbocycles. The van der Waals surface area contributed by atoms with Gasteiger partial charge in [0.25, 0.3) is 0 Å². The van der Waals surface area contributed by atoms with Crippen LogP contribution in [0.4, 0.5) is 15.9 Å². The Bertz CT molecular complexity index is 1250. The third-order valence-electron chi connectivity index (χ3n) is 5.18. The van der Waals surface area contributed by atoms with Gasteiger partial charge < -0.3 is 19.9 Å². The van der Waals surface area contributed by atoms with Gasteiger partial charge in [0, 0.05) is 29.9 Å². The van der Waals surface area contributed by atoms with Crippen molar-refractivity contribution in [3.8, 4) is 17.2 Å². The maximum Gasteiger partial charge on any atom is 0.164 e. The van der Waals surface area contributed by atoms with Gasteiger partial charge in [-0.1, -0.05) is 6.92 Å². The van der Waals surface area contributed by atoms with Crippen molar-refractivity contribution >= 4 is 22.4 Å². The number of aryl methyl sites for hydroxylation is 1. The molecule has 0 radical (unpaired) electrons. The first kappa shape index (κ1) is 21.3. The van der Waals surface area contributed by atoms with Crippen LogP contribution < -0.4 is 14.8 Å². The van der Waals surface area contributed by atoms with Crippen LogP contribution >= 0.6 is 0 Å². The molecule has 1 atom stereocenters. The quantitative estimate of drug-likeness (QED) is 0.399. The predicted molar refractivity (Wildman–Crippen MR) is 120 cm³/mol. The predicted octanol–water partition coefficient (Wildman–Crippen LogP) is 5.46. The van der Waals surface area contributed by atoms with E-state index in [9.17, 15) is 9.50 Å². The van der Waals surface area contributed by atoms with Gasteiger partial charge in [-0.2, -0.15) is 0 Å². The minimum atomic E-state index is -0.498. The first-order chi connectivity index (χ1) is 15.5. The zero-order valence-corrected chi connectivity index (χ0v) is 18.0. The molecule has 0 saturated carbocycles. The van der Waals surface area contributed by atoms with Crippen molar-refractivity contribution in [2.45, 2.75) is 26.4 Å². The molecule has 8 heteroatoms. The van der Waals surface area contributed by atoms with Gasteiger partial charge in [0.05, 0.1) is 18.3 Å². The topological polar surface area (TPSA) is 89.4 Å². The molecule has 0 aliphatic heterocycles. The molecule has 2 aromatic heterocycles. The van der Waals surface area contributed by atoms with E-state index >= 15 is 0 Å². The second kappa shape index (κ2) is 9.05. The summed E-state index contributed by atoms with van der Waals surface area (Å²) in [5.41, 5.74) is 2.16. The highest BCUT2D eigenvalue weighted by atomic mass is 19.1. The Morgan fingerprint density at radius 3 is 2.59 bits per heavy atom. The number of anilines is 2. The molecule has 2 N–H and O–H groups in total. The van der Waals surface area contributed by atoms with E-state index in [1.807, 2.05) is 19.1 Å². The number of aromatic nitrogens is 3. The van der Waals surface area contributed by atoms with Gasteiger partial charge in [0.15, 0.2) is 11.5 Å². The van der Waals surface area contributed by atoms with Crippen LogP contribution in [0.1, 0.15) is 30.6 Å². The molecule has 0 spiro atoms. The summed E-state index contributed by atoms with van der Waals surface area (Å²) in [7, 11) is 1.55. The molecule has 32 heavy (non-hydrogen) atoms. The monoisotopic (exact) mass is 434 g/mol. The molecule has 0 amide bonds. The highest BCUT2D eigenvalue weighted by Gasteiger charge is 2.17. The van der Waals surface area contributed by atoms with E-state index in [0.29, 0.717) is 33.8 Å². The molecule has 164 valence electrons. The van der Waals surface area contributed by atoms with E-state index in [0.717, 1.165) is 12.0 Å². The summed E-state index contributed by atoms with van der Waals surface area (Å²) in [5, 5.41) is 13.5. The molecular formula is C24H23FN4O3. The summed E-state index contributed by atoms with van der Waals surface area (Å²) in [5.74, 6) is 0.898. The SMILES string of the molecule is CCC(Oc1cc2ncnc(Nc3cc(O)c(C)cc3F)c2cc1OC)c1ccncc1. The lowest BCUT2D eigenvalue weighted by atomic mass is 10.1. The lowest BCUT2D eigenvalue weighted by Gasteiger charge is -2.20. The number of phenolic OH excluding ortho intramolecular Hbond substituents is 1. The Hall–Kier alpha value is -3.94. The number of nitrogens with zero attached hydrogens (tertiary/aromatic N) is 3. The average Bonchev–Trinajstić information content (AvgIpc) is 2.81. The molecule has 2 heterocycles. The van der Waals surface area contributed by atoms with Gasteiger partial charge in [-0.25, -0.2) is 14.4 Å². The normalized spacial score (nSPS) is 11.9. The molecular weight excluding hydrogens is 411 g/mol. The van der Waals surface area contributed by atoms with E-state index < -0.39 is 5.82 Å². The highest BCUT2D eigenvalue weighted by molar-refractivity contribution is 5.93. The number of nitrogens with one attached hydrogen (secondary N) is 1. The number of hydrogen-bond donors (Lipinski definition) is 2. The van der Waals surface area contributed by atoms with Crippen LogP contribution in [0.25, 0.3) is 10.9 Å². The summed E-state index contributed by atoms with van der Waals surface area (Å²) in [4.78, 5) is 12.6. The third-order valence-corrected chi connectivity index (χ3v) is 5.18. The number of ether oxygens (including phenoxy) is 2. The summed E-state index contributed by atoms with van der Waals surface area (Å²) in [6, 6.07) is 9.94. The van der Waals surface area contributed by atoms with Gasteiger partial charge in [-0.05, 0) is 48.7 Å². The van der Waals surface area contributed by atoms with Gasteiger partial charge >= 0.3 is 0 Å². The summed E-state index contributed by atoms with van der Waals surface area (Å²) < 4.78 is 26.2. The first-order valence-electron chi connectivity index (χ1n) is 10.2. The fraction of sp³-hybridized carbons (Fsp3) is 0.208. The molecule has 0 bridgehead atoms. The zero-order chi connectivity index (χ0) is 22.7. The highest BCUT2D eigenvalue weighted by Crippen LogP contribution is 2.38. The van der Waals surface area contributed by atoms with Crippen LogP contribution in [0, 0.1) is 12.7 Å². The molecule has 0 aliphatic rings. The molecule has 4 rings (SSSR count). The Morgan fingerprint density at radius 1 is 1.09 bits per heavy atom. The number of halogens is 1. The molecule has 1 unspecified atom stereocenters. The molecule has 7 nitrogen and oxygen atoms in total. The summed E-state index contributed by atoms with van der Waals surface area (Å²) in [6.07, 6.45) is 5.40. The fourth-order valence-electron chi connectivity index (χ4n) is 3.42. The van der Waals surface area contributed by atoms with Crippen LogP contribution in [0.15, 0.2) is 55.1 Å². The van der Waals surface area contributed by atoms with Gasteiger partial charge in [-0.3, -0.25) is 4.98 Å².